The molecule has 3 heteroatoms. The Bertz CT molecular complexity index is 660. The Morgan fingerprint density at radius 3 is 2.62 bits per heavy atom. The van der Waals surface area contributed by atoms with E-state index in [1.807, 2.05) is 19.1 Å². The lowest BCUT2D eigenvalue weighted by Gasteiger charge is -2.13. The van der Waals surface area contributed by atoms with Gasteiger partial charge in [-0.2, -0.15) is 0 Å². The summed E-state index contributed by atoms with van der Waals surface area (Å²) in [5.74, 6) is 0. The molecule has 1 heterocycles. The van der Waals surface area contributed by atoms with E-state index in [9.17, 15) is 0 Å². The van der Waals surface area contributed by atoms with Crippen molar-refractivity contribution in [1.82, 2.24) is 10.6 Å². The topological polar surface area (TPSA) is 37.2 Å². The maximum atomic E-state index is 5.15. The van der Waals surface area contributed by atoms with E-state index < -0.39 is 0 Å². The summed E-state index contributed by atoms with van der Waals surface area (Å²) in [5.41, 5.74) is 7.01. The van der Waals surface area contributed by atoms with Crippen molar-refractivity contribution in [3.63, 3.8) is 0 Å². The van der Waals surface area contributed by atoms with E-state index in [-0.39, 0.29) is 0 Å². The molecule has 142 valence electrons. The molecule has 0 bridgehead atoms. The van der Waals surface area contributed by atoms with E-state index in [1.165, 1.54) is 16.8 Å². The average molecular weight is 355 g/mol. The molecule has 1 aromatic rings. The molecule has 0 atom stereocenters. The molecule has 0 spiro atoms. The Balaban J connectivity index is 2.55. The highest BCUT2D eigenvalue weighted by Gasteiger charge is 2.03. The summed E-state index contributed by atoms with van der Waals surface area (Å²) in [6.07, 6.45) is 12.6. The highest BCUT2D eigenvalue weighted by atomic mass is 16.3. The van der Waals surface area contributed by atoms with E-state index in [2.05, 4.69) is 56.7 Å². The van der Waals surface area contributed by atoms with Crippen molar-refractivity contribution in [3.05, 3.63) is 83.7 Å². The van der Waals surface area contributed by atoms with Crippen LogP contribution < -0.4 is 10.6 Å². The summed E-state index contributed by atoms with van der Waals surface area (Å²) in [4.78, 5) is 0. The smallest absolute Gasteiger partial charge is 0.0937 e. The van der Waals surface area contributed by atoms with Crippen LogP contribution >= 0.6 is 0 Å². The van der Waals surface area contributed by atoms with E-state index in [4.69, 9.17) is 4.42 Å². The van der Waals surface area contributed by atoms with Crippen LogP contribution in [0.4, 0.5) is 0 Å². The number of hydrogen-bond acceptors (Lipinski definition) is 3. The van der Waals surface area contributed by atoms with Crippen molar-refractivity contribution in [2.75, 3.05) is 13.1 Å². The van der Waals surface area contributed by atoms with Gasteiger partial charge in [0.15, 0.2) is 0 Å². The van der Waals surface area contributed by atoms with E-state index in [0.717, 1.165) is 49.2 Å². The summed E-state index contributed by atoms with van der Waals surface area (Å²) in [5, 5.41) is 6.80. The molecular weight excluding hydrogens is 320 g/mol. The normalized spacial score (nSPS) is 13.2. The Morgan fingerprint density at radius 1 is 1.27 bits per heavy atom. The van der Waals surface area contributed by atoms with Gasteiger partial charge in [0.1, 0.15) is 0 Å². The zero-order valence-corrected chi connectivity index (χ0v) is 16.8. The van der Waals surface area contributed by atoms with Crippen molar-refractivity contribution < 1.29 is 4.42 Å². The predicted molar refractivity (Wildman–Crippen MR) is 113 cm³/mol. The molecule has 0 aliphatic carbocycles. The van der Waals surface area contributed by atoms with Gasteiger partial charge in [0, 0.05) is 30.9 Å². The molecule has 0 aliphatic rings. The van der Waals surface area contributed by atoms with Gasteiger partial charge in [-0.05, 0) is 69.4 Å². The van der Waals surface area contributed by atoms with E-state index >= 15 is 0 Å². The fraction of sp³-hybridized carbons (Fsp3) is 0.391. The highest BCUT2D eigenvalue weighted by molar-refractivity contribution is 5.42. The number of nitrogens with one attached hydrogen (secondary N) is 2. The number of rotatable bonds is 12. The zero-order valence-electron chi connectivity index (χ0n) is 16.8. The van der Waals surface area contributed by atoms with Crippen LogP contribution in [0.15, 0.2) is 82.5 Å². The fourth-order valence-corrected chi connectivity index (χ4v) is 2.63. The lowest BCUT2D eigenvalue weighted by molar-refractivity contribution is 0.564. The number of furan rings is 1. The van der Waals surface area contributed by atoms with Crippen molar-refractivity contribution in [3.8, 4) is 0 Å². The minimum atomic E-state index is 0.839. The van der Waals surface area contributed by atoms with Gasteiger partial charge in [0.25, 0.3) is 0 Å². The summed E-state index contributed by atoms with van der Waals surface area (Å²) in [6, 6.07) is 1.99. The Morgan fingerprint density at radius 2 is 2.04 bits per heavy atom. The summed E-state index contributed by atoms with van der Waals surface area (Å²) >= 11 is 0. The molecule has 1 aromatic heterocycles. The van der Waals surface area contributed by atoms with Gasteiger partial charge in [-0.15, -0.1) is 0 Å². The molecule has 1 rings (SSSR count). The Kier molecular flexibility index (Phi) is 9.99. The first-order valence-electron chi connectivity index (χ1n) is 9.35. The van der Waals surface area contributed by atoms with Gasteiger partial charge < -0.3 is 15.1 Å². The minimum absolute atomic E-state index is 0.839. The Labute approximate surface area is 159 Å². The first kappa shape index (κ1) is 21.6. The van der Waals surface area contributed by atoms with Gasteiger partial charge >= 0.3 is 0 Å². The molecule has 3 nitrogen and oxygen atoms in total. The fourth-order valence-electron chi connectivity index (χ4n) is 2.63. The third-order valence-corrected chi connectivity index (χ3v) is 4.42. The molecule has 0 radical (unpaired) electrons. The van der Waals surface area contributed by atoms with Crippen LogP contribution in [0, 0.1) is 0 Å². The summed E-state index contributed by atoms with van der Waals surface area (Å²) in [7, 11) is 0. The molecule has 26 heavy (non-hydrogen) atoms. The summed E-state index contributed by atoms with van der Waals surface area (Å²) in [6.45, 7) is 18.5. The van der Waals surface area contributed by atoms with Crippen LogP contribution in [0.2, 0.25) is 0 Å². The second-order valence-corrected chi connectivity index (χ2v) is 6.42. The number of allylic oxidation sites excluding steroid dienone is 6. The Hall–Kier alpha value is -2.42. The molecule has 0 aromatic carbocycles. The van der Waals surface area contributed by atoms with Gasteiger partial charge in [0.05, 0.1) is 12.5 Å². The van der Waals surface area contributed by atoms with Crippen LogP contribution in [0.3, 0.4) is 0 Å². The van der Waals surface area contributed by atoms with Crippen molar-refractivity contribution in [2.45, 2.75) is 47.0 Å². The lowest BCUT2D eigenvalue weighted by atomic mass is 10.0. The van der Waals surface area contributed by atoms with Crippen LogP contribution in [-0.2, 0) is 6.42 Å². The SMILES string of the molecule is C=C/C(=C\C(=C/C)Cc1ccoc1)C(=C)NCCC/C(C)=C(/C)NCC. The van der Waals surface area contributed by atoms with Crippen molar-refractivity contribution >= 4 is 0 Å². The monoisotopic (exact) mass is 354 g/mol. The first-order valence-corrected chi connectivity index (χ1v) is 9.35. The molecule has 0 unspecified atom stereocenters. The molecule has 0 fully saturated rings. The van der Waals surface area contributed by atoms with E-state index in [1.54, 1.807) is 12.5 Å². The highest BCUT2D eigenvalue weighted by Crippen LogP contribution is 2.16. The third kappa shape index (κ3) is 7.64. The third-order valence-electron chi connectivity index (χ3n) is 4.42. The number of hydrogen-bond donors (Lipinski definition) is 2. The van der Waals surface area contributed by atoms with Gasteiger partial charge in [-0.3, -0.25) is 0 Å². The van der Waals surface area contributed by atoms with Crippen molar-refractivity contribution in [1.29, 1.82) is 0 Å². The molecule has 0 aliphatic heterocycles. The quantitative estimate of drug-likeness (QED) is 0.375. The van der Waals surface area contributed by atoms with Crippen LogP contribution in [-0.4, -0.2) is 13.1 Å². The second-order valence-electron chi connectivity index (χ2n) is 6.42. The van der Waals surface area contributed by atoms with Crippen LogP contribution in [0.1, 0.15) is 46.1 Å². The minimum Gasteiger partial charge on any atom is -0.472 e. The van der Waals surface area contributed by atoms with Gasteiger partial charge in [0.2, 0.25) is 0 Å². The second kappa shape index (κ2) is 12.0. The molecule has 0 saturated heterocycles. The van der Waals surface area contributed by atoms with Crippen LogP contribution in [0.5, 0.6) is 0 Å². The molecule has 0 amide bonds. The largest absolute Gasteiger partial charge is 0.472 e. The summed E-state index contributed by atoms with van der Waals surface area (Å²) < 4.78 is 5.15. The van der Waals surface area contributed by atoms with Gasteiger partial charge in [-0.25, -0.2) is 0 Å². The maximum Gasteiger partial charge on any atom is 0.0937 e. The predicted octanol–water partition coefficient (Wildman–Crippen LogP) is 5.67. The van der Waals surface area contributed by atoms with Crippen LogP contribution in [0.25, 0.3) is 0 Å². The van der Waals surface area contributed by atoms with E-state index in [0.29, 0.717) is 0 Å². The zero-order chi connectivity index (χ0) is 19.4. The molecule has 0 saturated carbocycles. The maximum absolute atomic E-state index is 5.15. The van der Waals surface area contributed by atoms with Crippen molar-refractivity contribution in [2.24, 2.45) is 0 Å². The first-order chi connectivity index (χ1) is 12.5. The average Bonchev–Trinajstić information content (AvgIpc) is 3.14. The standard InChI is InChI=1S/C23H34N2O/c1-7-21(15-22-12-14-26-17-22)16-23(8-2)20(6)25-13-10-11-18(4)19(5)24-9-3/h7-8,12,14,16-17,24-25H,2,6,9-11,13,15H2,1,3-5H3/b19-18-,21-7-,23-16+. The molecule has 2 N–H and O–H groups in total. The lowest BCUT2D eigenvalue weighted by Crippen LogP contribution is -2.16. The van der Waals surface area contributed by atoms with Gasteiger partial charge in [-0.1, -0.05) is 30.9 Å². The molecular formula is C23H34N2O.